The standard InChI is InChI=1S/C19H27NO2/c1-18-10-3-4-17(22)20-15(18)7-5-12-13-6-8-16(21)19(13,2)11-9-14(12)18/h7,12-14H,3-6,8-11H2,1-2H3,(H,20,22). The number of nitrogens with one attached hydrogen (secondary N) is 1. The van der Waals surface area contributed by atoms with Gasteiger partial charge in [-0.3, -0.25) is 9.59 Å². The van der Waals surface area contributed by atoms with E-state index in [1.54, 1.807) is 0 Å². The summed E-state index contributed by atoms with van der Waals surface area (Å²) < 4.78 is 0. The van der Waals surface area contributed by atoms with E-state index in [0.717, 1.165) is 44.9 Å². The van der Waals surface area contributed by atoms with Crippen molar-refractivity contribution < 1.29 is 9.59 Å². The molecule has 0 aromatic carbocycles. The third-order valence-corrected chi connectivity index (χ3v) is 7.55. The average molecular weight is 301 g/mol. The molecule has 0 bridgehead atoms. The first-order chi connectivity index (χ1) is 10.4. The minimum Gasteiger partial charge on any atom is -0.330 e. The summed E-state index contributed by atoms with van der Waals surface area (Å²) in [6, 6.07) is 0. The van der Waals surface area contributed by atoms with Crippen LogP contribution in [-0.4, -0.2) is 11.7 Å². The predicted octanol–water partition coefficient (Wildman–Crippen LogP) is 3.59. The topological polar surface area (TPSA) is 46.2 Å². The third kappa shape index (κ3) is 1.80. The Hall–Kier alpha value is -1.12. The molecular weight excluding hydrogens is 274 g/mol. The third-order valence-electron chi connectivity index (χ3n) is 7.55. The van der Waals surface area contributed by atoms with Crippen molar-refractivity contribution in [3.63, 3.8) is 0 Å². The van der Waals surface area contributed by atoms with Crippen LogP contribution < -0.4 is 5.32 Å². The number of allylic oxidation sites excluding steroid dienone is 2. The van der Waals surface area contributed by atoms with Gasteiger partial charge in [0.15, 0.2) is 0 Å². The minimum atomic E-state index is -0.0587. The molecule has 1 aliphatic heterocycles. The molecule has 120 valence electrons. The number of amides is 1. The van der Waals surface area contributed by atoms with Crippen LogP contribution in [0.4, 0.5) is 0 Å². The van der Waals surface area contributed by atoms with Crippen LogP contribution in [0.5, 0.6) is 0 Å². The Kier molecular flexibility index (Phi) is 3.08. The van der Waals surface area contributed by atoms with Gasteiger partial charge in [0.1, 0.15) is 5.78 Å². The first kappa shape index (κ1) is 14.5. The van der Waals surface area contributed by atoms with Crippen LogP contribution in [0.25, 0.3) is 0 Å². The number of hydrogen-bond donors (Lipinski definition) is 1. The van der Waals surface area contributed by atoms with Crippen molar-refractivity contribution >= 4 is 11.7 Å². The second-order valence-electron chi connectivity index (χ2n) is 8.47. The molecule has 1 saturated heterocycles. The fourth-order valence-electron chi connectivity index (χ4n) is 6.21. The largest absolute Gasteiger partial charge is 0.330 e. The van der Waals surface area contributed by atoms with Crippen LogP contribution in [0.15, 0.2) is 11.8 Å². The molecular formula is C19H27NO2. The second kappa shape index (κ2) is 4.69. The Morgan fingerprint density at radius 3 is 2.64 bits per heavy atom. The molecule has 22 heavy (non-hydrogen) atoms. The fourth-order valence-corrected chi connectivity index (χ4v) is 6.21. The van der Waals surface area contributed by atoms with Gasteiger partial charge >= 0.3 is 0 Å². The van der Waals surface area contributed by atoms with E-state index in [-0.39, 0.29) is 16.7 Å². The number of fused-ring (bicyclic) bond motifs is 5. The van der Waals surface area contributed by atoms with Crippen LogP contribution in [0.3, 0.4) is 0 Å². The highest BCUT2D eigenvalue weighted by Crippen LogP contribution is 2.62. The lowest BCUT2D eigenvalue weighted by atomic mass is 9.50. The van der Waals surface area contributed by atoms with Crippen molar-refractivity contribution in [2.24, 2.45) is 28.6 Å². The second-order valence-corrected chi connectivity index (χ2v) is 8.47. The summed E-state index contributed by atoms with van der Waals surface area (Å²) in [5, 5.41) is 3.19. The molecule has 4 rings (SSSR count). The van der Waals surface area contributed by atoms with Gasteiger partial charge in [-0.25, -0.2) is 0 Å². The zero-order valence-corrected chi connectivity index (χ0v) is 13.8. The number of carbonyl (C=O) groups is 2. The Labute approximate surface area is 132 Å². The molecule has 0 aromatic rings. The summed E-state index contributed by atoms with van der Waals surface area (Å²) in [6.07, 6.45) is 10.2. The summed E-state index contributed by atoms with van der Waals surface area (Å²) in [5.74, 6) is 2.52. The molecule has 0 aromatic heterocycles. The SMILES string of the molecule is CC12CCC3C(CC=C4NC(=O)CCCC43C)C1CCC2=O. The van der Waals surface area contributed by atoms with Crippen LogP contribution >= 0.6 is 0 Å². The highest BCUT2D eigenvalue weighted by Gasteiger charge is 2.58. The summed E-state index contributed by atoms with van der Waals surface area (Å²) in [7, 11) is 0. The number of Topliss-reactive ketones (excluding diaryl/α,β-unsaturated/α-hetero) is 1. The molecule has 3 heteroatoms. The number of rotatable bonds is 0. The number of hydrogen-bond acceptors (Lipinski definition) is 2. The molecule has 1 amide bonds. The molecule has 1 N–H and O–H groups in total. The smallest absolute Gasteiger partial charge is 0.224 e. The van der Waals surface area contributed by atoms with Gasteiger partial charge in [0.2, 0.25) is 5.91 Å². The van der Waals surface area contributed by atoms with E-state index in [1.807, 2.05) is 0 Å². The van der Waals surface area contributed by atoms with Crippen LogP contribution in [0.2, 0.25) is 0 Å². The van der Waals surface area contributed by atoms with E-state index in [2.05, 4.69) is 25.2 Å². The molecule has 5 atom stereocenters. The Morgan fingerprint density at radius 2 is 1.82 bits per heavy atom. The highest BCUT2D eigenvalue weighted by atomic mass is 16.1. The van der Waals surface area contributed by atoms with Gasteiger partial charge in [0.25, 0.3) is 0 Å². The van der Waals surface area contributed by atoms with Gasteiger partial charge in [0, 0.05) is 29.4 Å². The van der Waals surface area contributed by atoms with Gasteiger partial charge in [-0.05, 0) is 56.3 Å². The summed E-state index contributed by atoms with van der Waals surface area (Å²) in [4.78, 5) is 24.3. The minimum absolute atomic E-state index is 0.0587. The molecule has 0 radical (unpaired) electrons. The highest BCUT2D eigenvalue weighted by molar-refractivity contribution is 5.87. The van der Waals surface area contributed by atoms with Gasteiger partial charge in [-0.1, -0.05) is 19.9 Å². The van der Waals surface area contributed by atoms with Gasteiger partial charge in [-0.2, -0.15) is 0 Å². The lowest BCUT2D eigenvalue weighted by Crippen LogP contribution is -2.50. The van der Waals surface area contributed by atoms with Crippen molar-refractivity contribution in [3.8, 4) is 0 Å². The first-order valence-corrected chi connectivity index (χ1v) is 8.99. The van der Waals surface area contributed by atoms with E-state index in [0.29, 0.717) is 30.0 Å². The Balaban J connectivity index is 1.71. The Morgan fingerprint density at radius 1 is 1.05 bits per heavy atom. The van der Waals surface area contributed by atoms with Crippen molar-refractivity contribution in [2.45, 2.75) is 65.2 Å². The summed E-state index contributed by atoms with van der Waals surface area (Å²) in [6.45, 7) is 4.58. The number of carbonyl (C=O) groups excluding carboxylic acids is 2. The fraction of sp³-hybridized carbons (Fsp3) is 0.789. The van der Waals surface area contributed by atoms with E-state index >= 15 is 0 Å². The molecule has 5 unspecified atom stereocenters. The van der Waals surface area contributed by atoms with Gasteiger partial charge in [-0.15, -0.1) is 0 Å². The molecule has 3 aliphatic carbocycles. The quantitative estimate of drug-likeness (QED) is 0.743. The van der Waals surface area contributed by atoms with Crippen LogP contribution in [0.1, 0.15) is 65.2 Å². The molecule has 0 spiro atoms. The molecule has 3 nitrogen and oxygen atoms in total. The normalized spacial score (nSPS) is 47.7. The zero-order chi connectivity index (χ0) is 15.5. The van der Waals surface area contributed by atoms with E-state index in [1.165, 1.54) is 5.70 Å². The maximum absolute atomic E-state index is 12.4. The average Bonchev–Trinajstić information content (AvgIpc) is 2.68. The summed E-state index contributed by atoms with van der Waals surface area (Å²) >= 11 is 0. The molecule has 4 aliphatic rings. The monoisotopic (exact) mass is 301 g/mol. The maximum atomic E-state index is 12.4. The van der Waals surface area contributed by atoms with E-state index in [4.69, 9.17) is 0 Å². The molecule has 3 fully saturated rings. The Bertz CT molecular complexity index is 566. The molecule has 2 saturated carbocycles. The van der Waals surface area contributed by atoms with Crippen molar-refractivity contribution in [2.75, 3.05) is 0 Å². The van der Waals surface area contributed by atoms with Crippen LogP contribution in [0, 0.1) is 28.6 Å². The lowest BCUT2D eigenvalue weighted by molar-refractivity contribution is -0.131. The maximum Gasteiger partial charge on any atom is 0.224 e. The van der Waals surface area contributed by atoms with Crippen LogP contribution in [-0.2, 0) is 9.59 Å². The van der Waals surface area contributed by atoms with E-state index in [9.17, 15) is 9.59 Å². The lowest BCUT2D eigenvalue weighted by Gasteiger charge is -2.54. The number of ketones is 1. The van der Waals surface area contributed by atoms with Crippen molar-refractivity contribution in [3.05, 3.63) is 11.8 Å². The van der Waals surface area contributed by atoms with Crippen molar-refractivity contribution in [1.82, 2.24) is 5.32 Å². The zero-order valence-electron chi connectivity index (χ0n) is 13.8. The van der Waals surface area contributed by atoms with E-state index < -0.39 is 0 Å². The summed E-state index contributed by atoms with van der Waals surface area (Å²) in [5.41, 5.74) is 1.24. The van der Waals surface area contributed by atoms with Gasteiger partial charge in [0.05, 0.1) is 0 Å². The van der Waals surface area contributed by atoms with Crippen molar-refractivity contribution in [1.29, 1.82) is 0 Å². The predicted molar refractivity (Wildman–Crippen MR) is 84.9 cm³/mol. The van der Waals surface area contributed by atoms with Gasteiger partial charge < -0.3 is 5.32 Å². The molecule has 1 heterocycles. The first-order valence-electron chi connectivity index (χ1n) is 8.99.